The van der Waals surface area contributed by atoms with E-state index in [9.17, 15) is 4.79 Å². The average molecular weight is 488 g/mol. The number of ether oxygens (including phenoxy) is 4. The molecule has 2 aliphatic rings. The maximum absolute atomic E-state index is 11.0. The van der Waals surface area contributed by atoms with E-state index in [-0.39, 0.29) is 5.95 Å². The van der Waals surface area contributed by atoms with Crippen molar-refractivity contribution in [1.29, 1.82) is 0 Å². The monoisotopic (exact) mass is 487 g/mol. The molecule has 2 saturated heterocycles. The lowest BCUT2D eigenvalue weighted by atomic mass is 10.2. The average Bonchev–Trinajstić information content (AvgIpc) is 2.89. The molecule has 0 spiro atoms. The molecule has 0 aliphatic carbocycles. The third-order valence-corrected chi connectivity index (χ3v) is 5.22. The van der Waals surface area contributed by atoms with Crippen LogP contribution in [0, 0.1) is 0 Å². The van der Waals surface area contributed by atoms with E-state index in [1.165, 1.54) is 6.21 Å². The van der Waals surface area contributed by atoms with Crippen molar-refractivity contribution in [3.63, 3.8) is 0 Å². The largest absolute Gasteiger partial charge is 0.490 e. The lowest BCUT2D eigenvalue weighted by Crippen LogP contribution is -2.40. The summed E-state index contributed by atoms with van der Waals surface area (Å²) in [5, 5.41) is 13.3. The van der Waals surface area contributed by atoms with Gasteiger partial charge in [0.25, 0.3) is 0 Å². The lowest BCUT2D eigenvalue weighted by molar-refractivity contribution is -0.139. The van der Waals surface area contributed by atoms with E-state index in [4.69, 9.17) is 24.1 Å². The van der Waals surface area contributed by atoms with E-state index >= 15 is 0 Å². The van der Waals surface area contributed by atoms with Crippen molar-refractivity contribution in [1.82, 2.24) is 15.0 Å². The number of carboxylic acid groups (broad SMARTS) is 1. The molecular weight excluding hydrogens is 458 g/mol. The van der Waals surface area contributed by atoms with Crippen LogP contribution in [0.3, 0.4) is 0 Å². The topological polar surface area (TPSA) is 144 Å². The summed E-state index contributed by atoms with van der Waals surface area (Å²) < 4.78 is 21.9. The molecule has 1 aromatic carbocycles. The second-order valence-corrected chi connectivity index (χ2v) is 7.62. The highest BCUT2D eigenvalue weighted by atomic mass is 16.5. The van der Waals surface area contributed by atoms with Crippen LogP contribution in [0.2, 0.25) is 0 Å². The zero-order valence-corrected chi connectivity index (χ0v) is 19.6. The smallest absolute Gasteiger partial charge is 0.341 e. The fraction of sp³-hybridized carbons (Fsp3) is 0.500. The van der Waals surface area contributed by atoms with E-state index in [1.54, 1.807) is 18.2 Å². The fourth-order valence-corrected chi connectivity index (χ4v) is 3.56. The number of hydrogen-bond acceptors (Lipinski definition) is 12. The summed E-state index contributed by atoms with van der Waals surface area (Å²) in [4.78, 5) is 28.9. The Hall–Kier alpha value is -3.71. The van der Waals surface area contributed by atoms with Crippen LogP contribution >= 0.6 is 0 Å². The Bertz CT molecular complexity index is 989. The van der Waals surface area contributed by atoms with Crippen LogP contribution in [0.15, 0.2) is 23.3 Å². The number of rotatable bonds is 10. The summed E-state index contributed by atoms with van der Waals surface area (Å²) in [6.45, 7) is 6.90. The van der Waals surface area contributed by atoms with Crippen LogP contribution in [0.25, 0.3) is 0 Å². The number of benzene rings is 1. The Balaban J connectivity index is 1.57. The number of aliphatic carboxylic acids is 1. The molecule has 13 nitrogen and oxygen atoms in total. The van der Waals surface area contributed by atoms with Gasteiger partial charge in [0.1, 0.15) is 0 Å². The van der Waals surface area contributed by atoms with Gasteiger partial charge < -0.3 is 33.9 Å². The summed E-state index contributed by atoms with van der Waals surface area (Å²) in [5.74, 6) is 1.02. The summed E-state index contributed by atoms with van der Waals surface area (Å²) in [6.07, 6.45) is 1.51. The molecule has 13 heteroatoms. The highest BCUT2D eigenvalue weighted by Gasteiger charge is 2.20. The van der Waals surface area contributed by atoms with Gasteiger partial charge in [0.2, 0.25) is 17.8 Å². The van der Waals surface area contributed by atoms with Gasteiger partial charge in [-0.15, -0.1) is 0 Å². The lowest BCUT2D eigenvalue weighted by Gasteiger charge is -2.30. The Labute approximate surface area is 202 Å². The first kappa shape index (κ1) is 24.4. The summed E-state index contributed by atoms with van der Waals surface area (Å²) in [6, 6.07) is 5.23. The number of carboxylic acids is 1. The maximum atomic E-state index is 11.0. The van der Waals surface area contributed by atoms with Crippen molar-refractivity contribution in [2.45, 2.75) is 6.92 Å². The first-order chi connectivity index (χ1) is 17.1. The van der Waals surface area contributed by atoms with Gasteiger partial charge in [0, 0.05) is 31.7 Å². The van der Waals surface area contributed by atoms with Crippen molar-refractivity contribution >= 4 is 30.0 Å². The van der Waals surface area contributed by atoms with Crippen LogP contribution in [0.1, 0.15) is 12.5 Å². The molecule has 4 rings (SSSR count). The zero-order chi connectivity index (χ0) is 24.5. The van der Waals surface area contributed by atoms with Crippen molar-refractivity contribution in [3.05, 3.63) is 23.8 Å². The summed E-state index contributed by atoms with van der Waals surface area (Å²) in [5.41, 5.74) is 3.42. The Morgan fingerprint density at radius 3 is 2.26 bits per heavy atom. The third kappa shape index (κ3) is 6.67. The van der Waals surface area contributed by atoms with E-state index in [2.05, 4.69) is 25.5 Å². The van der Waals surface area contributed by atoms with E-state index in [0.717, 1.165) is 0 Å². The Morgan fingerprint density at radius 1 is 1.06 bits per heavy atom. The number of aromatic nitrogens is 3. The number of para-hydroxylation sites is 1. The van der Waals surface area contributed by atoms with Crippen molar-refractivity contribution in [2.24, 2.45) is 5.10 Å². The number of carbonyl (C=O) groups is 1. The molecule has 35 heavy (non-hydrogen) atoms. The molecule has 0 amide bonds. The molecule has 0 atom stereocenters. The van der Waals surface area contributed by atoms with E-state index in [1.807, 2.05) is 16.7 Å². The Kier molecular flexibility index (Phi) is 8.46. The van der Waals surface area contributed by atoms with Gasteiger partial charge in [-0.2, -0.15) is 20.1 Å². The fourth-order valence-electron chi connectivity index (χ4n) is 3.56. The summed E-state index contributed by atoms with van der Waals surface area (Å²) in [7, 11) is 0. The molecule has 0 bridgehead atoms. The predicted octanol–water partition coefficient (Wildman–Crippen LogP) is 0.853. The standard InChI is InChI=1S/C22H29N7O6/c1-2-34-17-5-3-4-16(19(17)35-15-18(30)31)14-23-27-20-24-21(28-6-10-32-11-7-28)26-22(25-20)29-8-12-33-13-9-29/h3-5,14H,2,6-13,15H2,1H3,(H,30,31)(H,24,25,26,27)/b23-14+. The highest BCUT2D eigenvalue weighted by Crippen LogP contribution is 2.30. The zero-order valence-electron chi connectivity index (χ0n) is 19.6. The molecule has 0 saturated carbocycles. The van der Waals surface area contributed by atoms with Gasteiger partial charge in [-0.1, -0.05) is 6.07 Å². The van der Waals surface area contributed by atoms with Crippen LogP contribution in [-0.4, -0.2) is 98.1 Å². The van der Waals surface area contributed by atoms with E-state index < -0.39 is 12.6 Å². The van der Waals surface area contributed by atoms with Crippen LogP contribution in [0.5, 0.6) is 11.5 Å². The van der Waals surface area contributed by atoms with Gasteiger partial charge in [-0.05, 0) is 19.1 Å². The molecule has 1 aromatic heterocycles. The maximum Gasteiger partial charge on any atom is 0.341 e. The molecule has 188 valence electrons. The minimum absolute atomic E-state index is 0.285. The highest BCUT2D eigenvalue weighted by molar-refractivity contribution is 5.85. The minimum Gasteiger partial charge on any atom is -0.490 e. The van der Waals surface area contributed by atoms with E-state index in [0.29, 0.717) is 88.2 Å². The molecule has 2 aliphatic heterocycles. The molecule has 3 heterocycles. The third-order valence-electron chi connectivity index (χ3n) is 5.22. The number of anilines is 3. The number of nitrogens with one attached hydrogen (secondary N) is 1. The van der Waals surface area contributed by atoms with Gasteiger partial charge in [-0.3, -0.25) is 0 Å². The first-order valence-corrected chi connectivity index (χ1v) is 11.4. The van der Waals surface area contributed by atoms with Crippen molar-refractivity contribution in [2.75, 3.05) is 81.0 Å². The Morgan fingerprint density at radius 2 is 1.69 bits per heavy atom. The van der Waals surface area contributed by atoms with Gasteiger partial charge in [-0.25, -0.2) is 10.2 Å². The van der Waals surface area contributed by atoms with Gasteiger partial charge in [0.15, 0.2) is 18.1 Å². The van der Waals surface area contributed by atoms with Crippen molar-refractivity contribution < 1.29 is 28.8 Å². The molecule has 2 aromatic rings. The molecule has 0 unspecified atom stereocenters. The molecule has 0 radical (unpaired) electrons. The normalized spacial score (nSPS) is 16.4. The quantitative estimate of drug-likeness (QED) is 0.362. The second kappa shape index (κ2) is 12.1. The van der Waals surface area contributed by atoms with Crippen LogP contribution < -0.4 is 24.7 Å². The van der Waals surface area contributed by atoms with Crippen LogP contribution in [0.4, 0.5) is 17.8 Å². The number of hydrogen-bond donors (Lipinski definition) is 2. The summed E-state index contributed by atoms with van der Waals surface area (Å²) >= 11 is 0. The molecule has 2 N–H and O–H groups in total. The predicted molar refractivity (Wildman–Crippen MR) is 128 cm³/mol. The first-order valence-electron chi connectivity index (χ1n) is 11.4. The SMILES string of the molecule is CCOc1cccc(/C=N/Nc2nc(N3CCOCC3)nc(N3CCOCC3)n2)c1OCC(=O)O. The second-order valence-electron chi connectivity index (χ2n) is 7.62. The molecular formula is C22H29N7O6. The number of hydrazone groups is 1. The minimum atomic E-state index is -1.09. The van der Waals surface area contributed by atoms with Gasteiger partial charge >= 0.3 is 5.97 Å². The number of morpholine rings is 2. The van der Waals surface area contributed by atoms with Gasteiger partial charge in [0.05, 0.1) is 39.2 Å². The number of nitrogens with zero attached hydrogens (tertiary/aromatic N) is 6. The van der Waals surface area contributed by atoms with Crippen molar-refractivity contribution in [3.8, 4) is 11.5 Å². The molecule has 2 fully saturated rings. The van der Waals surface area contributed by atoms with Crippen LogP contribution in [-0.2, 0) is 14.3 Å².